The first-order valence-electron chi connectivity index (χ1n) is 7.76. The second-order valence-electron chi connectivity index (χ2n) is 7.25. The molecule has 0 aromatic rings. The lowest BCUT2D eigenvalue weighted by Crippen LogP contribution is -2.27. The molecule has 3 fully saturated rings. The van der Waals surface area contributed by atoms with Gasteiger partial charge in [0, 0.05) is 5.57 Å². The van der Waals surface area contributed by atoms with E-state index in [1.165, 1.54) is 0 Å². The Labute approximate surface area is 119 Å². The molecule has 1 saturated carbocycles. The van der Waals surface area contributed by atoms with Crippen LogP contribution in [0.5, 0.6) is 0 Å². The number of aliphatic carboxylic acids is 1. The van der Waals surface area contributed by atoms with Gasteiger partial charge in [-0.05, 0) is 56.4 Å². The molecule has 4 nitrogen and oxygen atoms in total. The number of carboxylic acid groups (broad SMARTS) is 1. The maximum atomic E-state index is 11.5. The molecule has 0 bridgehead atoms. The van der Waals surface area contributed by atoms with Crippen LogP contribution in [-0.4, -0.2) is 35.0 Å². The number of ether oxygens (including phenoxy) is 2. The van der Waals surface area contributed by atoms with Crippen molar-refractivity contribution in [2.45, 2.75) is 69.9 Å². The van der Waals surface area contributed by atoms with Gasteiger partial charge in [-0.15, -0.1) is 0 Å². The van der Waals surface area contributed by atoms with Crippen molar-refractivity contribution in [2.75, 3.05) is 0 Å². The zero-order chi connectivity index (χ0) is 14.1. The van der Waals surface area contributed by atoms with Gasteiger partial charge >= 0.3 is 5.97 Å². The van der Waals surface area contributed by atoms with Crippen molar-refractivity contribution in [3.05, 3.63) is 11.1 Å². The van der Waals surface area contributed by atoms with Crippen LogP contribution in [0.15, 0.2) is 11.1 Å². The highest BCUT2D eigenvalue weighted by molar-refractivity contribution is 5.88. The van der Waals surface area contributed by atoms with E-state index in [0.717, 1.165) is 31.3 Å². The maximum Gasteiger partial charge on any atom is 0.331 e. The molecular formula is C16H22O4. The van der Waals surface area contributed by atoms with E-state index in [1.807, 2.05) is 0 Å². The Hall–Kier alpha value is -0.870. The lowest BCUT2D eigenvalue weighted by Gasteiger charge is -2.29. The summed E-state index contributed by atoms with van der Waals surface area (Å²) in [6.45, 7) is 4.39. The fourth-order valence-electron chi connectivity index (χ4n) is 4.28. The third-order valence-corrected chi connectivity index (χ3v) is 5.83. The first-order valence-corrected chi connectivity index (χ1v) is 7.76. The van der Waals surface area contributed by atoms with Gasteiger partial charge in [0.05, 0.1) is 17.8 Å². The molecule has 0 aromatic heterocycles. The lowest BCUT2D eigenvalue weighted by molar-refractivity contribution is -0.133. The van der Waals surface area contributed by atoms with E-state index in [2.05, 4.69) is 13.8 Å². The minimum atomic E-state index is -0.749. The van der Waals surface area contributed by atoms with Crippen LogP contribution in [0.25, 0.3) is 0 Å². The molecular weight excluding hydrogens is 256 g/mol. The van der Waals surface area contributed by atoms with E-state index < -0.39 is 5.97 Å². The van der Waals surface area contributed by atoms with Crippen LogP contribution in [-0.2, 0) is 14.3 Å². The standard InChI is InChI=1S/C16H22O4/c1-8-5-12-13(19-12)7-9(8)6-11-10(15(17)18)3-4-16(2)14(11)20-16/h8-9,12-14H,3-7H2,1-2H3,(H,17,18). The highest BCUT2D eigenvalue weighted by Crippen LogP contribution is 2.53. The van der Waals surface area contributed by atoms with E-state index in [1.54, 1.807) is 0 Å². The van der Waals surface area contributed by atoms with Crippen LogP contribution >= 0.6 is 0 Å². The summed E-state index contributed by atoms with van der Waals surface area (Å²) in [6, 6.07) is 0. The Balaban J connectivity index is 1.57. The second-order valence-corrected chi connectivity index (χ2v) is 7.25. The molecule has 2 heterocycles. The molecule has 2 aliphatic heterocycles. The van der Waals surface area contributed by atoms with Crippen molar-refractivity contribution in [2.24, 2.45) is 11.8 Å². The van der Waals surface area contributed by atoms with Crippen LogP contribution < -0.4 is 0 Å². The second kappa shape index (κ2) is 4.08. The molecule has 20 heavy (non-hydrogen) atoms. The lowest BCUT2D eigenvalue weighted by atomic mass is 9.73. The Morgan fingerprint density at radius 2 is 2.15 bits per heavy atom. The summed E-state index contributed by atoms with van der Waals surface area (Å²) in [5.74, 6) is 0.421. The highest BCUT2D eigenvalue weighted by atomic mass is 16.6. The molecule has 0 amide bonds. The summed E-state index contributed by atoms with van der Waals surface area (Å²) in [6.07, 6.45) is 5.60. The summed E-state index contributed by atoms with van der Waals surface area (Å²) in [5.41, 5.74) is 1.61. The number of hydrogen-bond donors (Lipinski definition) is 1. The number of rotatable bonds is 3. The van der Waals surface area contributed by atoms with Crippen molar-refractivity contribution in [1.82, 2.24) is 0 Å². The molecule has 0 spiro atoms. The van der Waals surface area contributed by atoms with Crippen molar-refractivity contribution in [3.63, 3.8) is 0 Å². The average Bonchev–Trinajstić information content (AvgIpc) is 3.24. The first-order chi connectivity index (χ1) is 9.48. The van der Waals surface area contributed by atoms with Crippen LogP contribution in [0.2, 0.25) is 0 Å². The molecule has 1 N–H and O–H groups in total. The van der Waals surface area contributed by atoms with E-state index in [9.17, 15) is 9.90 Å². The molecule has 4 heteroatoms. The zero-order valence-electron chi connectivity index (χ0n) is 12.1. The molecule has 2 aliphatic carbocycles. The quantitative estimate of drug-likeness (QED) is 0.806. The Morgan fingerprint density at radius 1 is 1.40 bits per heavy atom. The van der Waals surface area contributed by atoms with E-state index in [4.69, 9.17) is 9.47 Å². The number of epoxide rings is 2. The number of carbonyl (C=O) groups is 1. The van der Waals surface area contributed by atoms with Gasteiger partial charge in [0.2, 0.25) is 0 Å². The molecule has 110 valence electrons. The van der Waals surface area contributed by atoms with E-state index in [0.29, 0.717) is 36.0 Å². The van der Waals surface area contributed by atoms with Gasteiger partial charge in [-0.3, -0.25) is 0 Å². The van der Waals surface area contributed by atoms with Crippen LogP contribution in [0, 0.1) is 11.8 Å². The molecule has 0 aromatic carbocycles. The molecule has 6 unspecified atom stereocenters. The first kappa shape index (κ1) is 12.8. The summed E-state index contributed by atoms with van der Waals surface area (Å²) < 4.78 is 11.5. The van der Waals surface area contributed by atoms with E-state index in [-0.39, 0.29) is 11.7 Å². The molecule has 0 radical (unpaired) electrons. The summed E-state index contributed by atoms with van der Waals surface area (Å²) >= 11 is 0. The van der Waals surface area contributed by atoms with Gasteiger partial charge in [-0.2, -0.15) is 0 Å². The molecule has 4 rings (SSSR count). The van der Waals surface area contributed by atoms with Crippen LogP contribution in [0.4, 0.5) is 0 Å². The fourth-order valence-corrected chi connectivity index (χ4v) is 4.28. The predicted octanol–water partition coefficient (Wildman–Crippen LogP) is 2.52. The Kier molecular flexibility index (Phi) is 2.62. The van der Waals surface area contributed by atoms with Gasteiger partial charge < -0.3 is 14.6 Å². The summed E-state index contributed by atoms with van der Waals surface area (Å²) in [7, 11) is 0. The average molecular weight is 278 g/mol. The number of carboxylic acids is 1. The SMILES string of the molecule is CC1CC2OC2CC1CC1=C(C(=O)O)CCC2(C)OC12. The largest absolute Gasteiger partial charge is 0.478 e. The van der Waals surface area contributed by atoms with E-state index >= 15 is 0 Å². The Bertz CT molecular complexity index is 497. The minimum absolute atomic E-state index is 0.0624. The third kappa shape index (κ3) is 1.92. The van der Waals surface area contributed by atoms with Crippen molar-refractivity contribution >= 4 is 5.97 Å². The number of fused-ring (bicyclic) bond motifs is 2. The van der Waals surface area contributed by atoms with Crippen LogP contribution in [0.1, 0.15) is 46.0 Å². The monoisotopic (exact) mass is 278 g/mol. The normalized spacial score (nSPS) is 49.4. The summed E-state index contributed by atoms with van der Waals surface area (Å²) in [5, 5.41) is 9.45. The third-order valence-electron chi connectivity index (χ3n) is 5.83. The van der Waals surface area contributed by atoms with Crippen molar-refractivity contribution < 1.29 is 19.4 Å². The highest BCUT2D eigenvalue weighted by Gasteiger charge is 2.58. The predicted molar refractivity (Wildman–Crippen MR) is 72.3 cm³/mol. The van der Waals surface area contributed by atoms with Gasteiger partial charge in [0.15, 0.2) is 0 Å². The van der Waals surface area contributed by atoms with Gasteiger partial charge in [0.25, 0.3) is 0 Å². The molecule has 4 aliphatic rings. The van der Waals surface area contributed by atoms with Crippen molar-refractivity contribution in [3.8, 4) is 0 Å². The maximum absolute atomic E-state index is 11.5. The van der Waals surface area contributed by atoms with Crippen LogP contribution in [0.3, 0.4) is 0 Å². The van der Waals surface area contributed by atoms with Gasteiger partial charge in [-0.1, -0.05) is 6.92 Å². The summed E-state index contributed by atoms with van der Waals surface area (Å²) in [4.78, 5) is 11.5. The smallest absolute Gasteiger partial charge is 0.331 e. The van der Waals surface area contributed by atoms with Gasteiger partial charge in [0.1, 0.15) is 6.10 Å². The molecule has 2 saturated heterocycles. The van der Waals surface area contributed by atoms with Gasteiger partial charge in [-0.25, -0.2) is 4.79 Å². The molecule has 6 atom stereocenters. The fraction of sp³-hybridized carbons (Fsp3) is 0.812. The topological polar surface area (TPSA) is 62.4 Å². The zero-order valence-corrected chi connectivity index (χ0v) is 12.1. The number of hydrogen-bond acceptors (Lipinski definition) is 3. The van der Waals surface area contributed by atoms with Crippen molar-refractivity contribution in [1.29, 1.82) is 0 Å². The Morgan fingerprint density at radius 3 is 2.90 bits per heavy atom. The minimum Gasteiger partial charge on any atom is -0.478 e.